The fourth-order valence-electron chi connectivity index (χ4n) is 1.35. The van der Waals surface area contributed by atoms with Crippen LogP contribution in [0.3, 0.4) is 0 Å². The van der Waals surface area contributed by atoms with Gasteiger partial charge in [0.05, 0.1) is 11.0 Å². The number of hydrogen-bond donors (Lipinski definition) is 1. The van der Waals surface area contributed by atoms with Crippen LogP contribution in [0.25, 0.3) is 0 Å². The van der Waals surface area contributed by atoms with E-state index in [9.17, 15) is 0 Å². The smallest absolute Gasteiger partial charge is 0.144 e. The summed E-state index contributed by atoms with van der Waals surface area (Å²) in [6, 6.07) is 0. The molecule has 0 aliphatic carbocycles. The van der Waals surface area contributed by atoms with Crippen LogP contribution in [0.1, 0.15) is 24.9 Å². The molecule has 5 heteroatoms. The Morgan fingerprint density at radius 1 is 1.47 bits per heavy atom. The summed E-state index contributed by atoms with van der Waals surface area (Å²) in [5, 5.41) is 0. The third-order valence-corrected chi connectivity index (χ3v) is 3.36. The van der Waals surface area contributed by atoms with E-state index < -0.39 is 0 Å². The minimum absolute atomic E-state index is 0.647. The highest BCUT2D eigenvalue weighted by molar-refractivity contribution is 9.10. The molecule has 0 spiro atoms. The number of nitrogens with one attached hydrogen (secondary N) is 1. The van der Waals surface area contributed by atoms with Gasteiger partial charge in [-0.3, -0.25) is 0 Å². The highest BCUT2D eigenvalue weighted by atomic mass is 79.9. The maximum absolute atomic E-state index is 5.20. The average Bonchev–Trinajstić information content (AvgIpc) is 2.12. The van der Waals surface area contributed by atoms with Crippen LogP contribution in [0, 0.1) is 4.64 Å². The van der Waals surface area contributed by atoms with Crippen molar-refractivity contribution in [3.63, 3.8) is 0 Å². The molecule has 0 bridgehead atoms. The molecular formula is C10H16BrN3S. The van der Waals surface area contributed by atoms with Crippen molar-refractivity contribution in [1.82, 2.24) is 14.9 Å². The van der Waals surface area contributed by atoms with Crippen LogP contribution in [0.5, 0.6) is 0 Å². The van der Waals surface area contributed by atoms with Gasteiger partial charge in [-0.25, -0.2) is 4.98 Å². The van der Waals surface area contributed by atoms with Crippen LogP contribution >= 0.6 is 28.1 Å². The van der Waals surface area contributed by atoms with Crippen molar-refractivity contribution in [2.75, 3.05) is 14.1 Å². The van der Waals surface area contributed by atoms with E-state index >= 15 is 0 Å². The van der Waals surface area contributed by atoms with Crippen molar-refractivity contribution in [2.45, 2.75) is 26.3 Å². The molecule has 0 saturated carbocycles. The van der Waals surface area contributed by atoms with Gasteiger partial charge in [0.2, 0.25) is 0 Å². The minimum atomic E-state index is 0.647. The van der Waals surface area contributed by atoms with Crippen molar-refractivity contribution < 1.29 is 0 Å². The highest BCUT2D eigenvalue weighted by Gasteiger charge is 2.06. The molecule has 0 unspecified atom stereocenters. The first-order chi connectivity index (χ1) is 7.04. The standard InChI is InChI=1S/C10H16BrN3S/c1-4-5-7-9(11)10(15)13-8(12-7)6-14(2)3/h4-6H2,1-3H3,(H,12,13,15). The molecule has 1 rings (SSSR count). The Morgan fingerprint density at radius 3 is 2.67 bits per heavy atom. The fraction of sp³-hybridized carbons (Fsp3) is 0.600. The van der Waals surface area contributed by atoms with Gasteiger partial charge in [-0.2, -0.15) is 0 Å². The molecule has 0 aliphatic rings. The second kappa shape index (κ2) is 5.72. The lowest BCUT2D eigenvalue weighted by Crippen LogP contribution is -2.14. The molecule has 15 heavy (non-hydrogen) atoms. The third-order valence-electron chi connectivity index (χ3n) is 1.95. The Hall–Kier alpha value is -0.260. The van der Waals surface area contributed by atoms with E-state index in [4.69, 9.17) is 12.2 Å². The van der Waals surface area contributed by atoms with Crippen molar-refractivity contribution in [1.29, 1.82) is 0 Å². The second-order valence-corrected chi connectivity index (χ2v) is 4.95. The Kier molecular flexibility index (Phi) is 4.89. The Balaban J connectivity index is 3.06. The number of nitrogens with zero attached hydrogens (tertiary/aromatic N) is 2. The van der Waals surface area contributed by atoms with E-state index in [1.807, 2.05) is 14.1 Å². The Morgan fingerprint density at radius 2 is 2.13 bits per heavy atom. The predicted octanol–water partition coefficient (Wildman–Crippen LogP) is 2.92. The number of H-pyrrole nitrogens is 1. The van der Waals surface area contributed by atoms with Gasteiger partial charge in [-0.15, -0.1) is 0 Å². The second-order valence-electron chi connectivity index (χ2n) is 3.77. The lowest BCUT2D eigenvalue weighted by atomic mass is 10.2. The summed E-state index contributed by atoms with van der Waals surface area (Å²) in [6.45, 7) is 2.93. The number of halogens is 1. The van der Waals surface area contributed by atoms with Crippen molar-refractivity contribution >= 4 is 28.1 Å². The van der Waals surface area contributed by atoms with Gasteiger partial charge >= 0.3 is 0 Å². The van der Waals surface area contributed by atoms with Gasteiger partial charge < -0.3 is 9.88 Å². The topological polar surface area (TPSA) is 31.9 Å². The minimum Gasteiger partial charge on any atom is -0.345 e. The number of hydrogen-bond acceptors (Lipinski definition) is 3. The lowest BCUT2D eigenvalue weighted by Gasteiger charge is -2.11. The summed E-state index contributed by atoms with van der Waals surface area (Å²) in [5.41, 5.74) is 1.15. The van der Waals surface area contributed by atoms with Gasteiger partial charge in [0.1, 0.15) is 10.5 Å². The SMILES string of the molecule is CCCc1[nH]c(CN(C)C)nc(=S)c1Br. The molecule has 3 nitrogen and oxygen atoms in total. The van der Waals surface area contributed by atoms with Crippen molar-refractivity contribution in [3.8, 4) is 0 Å². The molecule has 1 N–H and O–H groups in total. The first kappa shape index (κ1) is 12.8. The van der Waals surface area contributed by atoms with E-state index in [0.717, 1.165) is 35.4 Å². The molecule has 84 valence electrons. The molecule has 1 aromatic rings. The molecule has 0 fully saturated rings. The zero-order valence-corrected chi connectivity index (χ0v) is 11.7. The molecular weight excluding hydrogens is 274 g/mol. The summed E-state index contributed by atoms with van der Waals surface area (Å²) < 4.78 is 1.58. The number of rotatable bonds is 4. The maximum atomic E-state index is 5.20. The number of aromatic nitrogens is 2. The number of aromatic amines is 1. The van der Waals surface area contributed by atoms with Crippen molar-refractivity contribution in [2.24, 2.45) is 0 Å². The van der Waals surface area contributed by atoms with E-state index in [1.54, 1.807) is 0 Å². The zero-order valence-electron chi connectivity index (χ0n) is 9.30. The van der Waals surface area contributed by atoms with Gasteiger partial charge in [-0.05, 0) is 36.4 Å². The van der Waals surface area contributed by atoms with Crippen LogP contribution < -0.4 is 0 Å². The summed E-state index contributed by atoms with van der Waals surface area (Å²) in [5.74, 6) is 0.927. The molecule has 0 aromatic carbocycles. The zero-order chi connectivity index (χ0) is 11.4. The van der Waals surface area contributed by atoms with E-state index in [0.29, 0.717) is 4.64 Å². The van der Waals surface area contributed by atoms with E-state index in [-0.39, 0.29) is 0 Å². The first-order valence-electron chi connectivity index (χ1n) is 4.97. The Bertz CT molecular complexity index is 387. The van der Waals surface area contributed by atoms with Gasteiger partial charge in [-0.1, -0.05) is 25.6 Å². The fourth-order valence-corrected chi connectivity index (χ4v) is 1.97. The van der Waals surface area contributed by atoms with Crippen LogP contribution in [-0.2, 0) is 13.0 Å². The largest absolute Gasteiger partial charge is 0.345 e. The lowest BCUT2D eigenvalue weighted by molar-refractivity contribution is 0.389. The molecule has 0 aliphatic heterocycles. The third kappa shape index (κ3) is 3.66. The Labute approximate surface area is 104 Å². The summed E-state index contributed by atoms with van der Waals surface area (Å²) in [6.07, 6.45) is 2.09. The first-order valence-corrected chi connectivity index (χ1v) is 6.17. The molecule has 0 radical (unpaired) electrons. The van der Waals surface area contributed by atoms with Crippen molar-refractivity contribution in [3.05, 3.63) is 20.6 Å². The highest BCUT2D eigenvalue weighted by Crippen LogP contribution is 2.17. The summed E-state index contributed by atoms with van der Waals surface area (Å²) >= 11 is 8.67. The van der Waals surface area contributed by atoms with Crippen LogP contribution in [0.2, 0.25) is 0 Å². The van der Waals surface area contributed by atoms with Crippen LogP contribution in [0.15, 0.2) is 4.47 Å². The van der Waals surface area contributed by atoms with Crippen LogP contribution in [-0.4, -0.2) is 29.0 Å². The number of aryl methyl sites for hydroxylation is 1. The molecule has 1 heterocycles. The maximum Gasteiger partial charge on any atom is 0.144 e. The van der Waals surface area contributed by atoms with Gasteiger partial charge in [0.15, 0.2) is 0 Å². The predicted molar refractivity (Wildman–Crippen MR) is 68.5 cm³/mol. The quantitative estimate of drug-likeness (QED) is 0.865. The van der Waals surface area contributed by atoms with Gasteiger partial charge in [0.25, 0.3) is 0 Å². The van der Waals surface area contributed by atoms with Gasteiger partial charge in [0, 0.05) is 5.69 Å². The molecule has 0 saturated heterocycles. The molecule has 0 amide bonds. The normalized spacial score (nSPS) is 11.0. The summed E-state index contributed by atoms with van der Waals surface area (Å²) in [4.78, 5) is 9.71. The molecule has 1 aromatic heterocycles. The summed E-state index contributed by atoms with van der Waals surface area (Å²) in [7, 11) is 4.03. The van der Waals surface area contributed by atoms with Crippen LogP contribution in [0.4, 0.5) is 0 Å². The van der Waals surface area contributed by atoms with E-state index in [2.05, 4.69) is 37.7 Å². The van der Waals surface area contributed by atoms with E-state index in [1.165, 1.54) is 0 Å². The molecule has 0 atom stereocenters. The monoisotopic (exact) mass is 289 g/mol. The average molecular weight is 290 g/mol.